The fourth-order valence-corrected chi connectivity index (χ4v) is 3.97. The second kappa shape index (κ2) is 15.8. The van der Waals surface area contributed by atoms with Crippen molar-refractivity contribution < 1.29 is 34.0 Å². The number of rotatable bonds is 17. The Kier molecular flexibility index (Phi) is 11.9. The third-order valence-electron chi connectivity index (χ3n) is 6.07. The lowest BCUT2D eigenvalue weighted by molar-refractivity contribution is -0.131. The van der Waals surface area contributed by atoms with E-state index >= 15 is 0 Å². The van der Waals surface area contributed by atoms with Crippen LogP contribution in [0, 0.1) is 0 Å². The molecule has 2 N–H and O–H groups in total. The van der Waals surface area contributed by atoms with Crippen LogP contribution in [0.25, 0.3) is 6.08 Å². The standard InChI is InChI=1S/C31H35NO7/c1-37-26-15-12-23(13-16-26)9-6-4-2-3-5-7-20-38-29-18-14-25(32-28(29)17-19-30(33)34)22-39-27-11-8-10-24(21-27)31(35)36/h8,10-19,21H,2-7,9,20,22H2,1H3,(H,33,34)(H,35,36)/b19-17+. The fourth-order valence-electron chi connectivity index (χ4n) is 3.97. The molecule has 0 unspecified atom stereocenters. The number of aromatic nitrogens is 1. The number of methoxy groups -OCH3 is 1. The van der Waals surface area contributed by atoms with Crippen molar-refractivity contribution >= 4 is 18.0 Å². The highest BCUT2D eigenvalue weighted by molar-refractivity contribution is 5.88. The average molecular weight is 534 g/mol. The molecule has 206 valence electrons. The van der Waals surface area contributed by atoms with E-state index in [9.17, 15) is 9.59 Å². The molecule has 8 heteroatoms. The van der Waals surface area contributed by atoms with Crippen LogP contribution in [-0.4, -0.2) is 40.9 Å². The summed E-state index contributed by atoms with van der Waals surface area (Å²) in [7, 11) is 1.67. The molecule has 0 aliphatic carbocycles. The molecular weight excluding hydrogens is 498 g/mol. The molecule has 8 nitrogen and oxygen atoms in total. The van der Waals surface area contributed by atoms with Gasteiger partial charge in [0, 0.05) is 6.08 Å². The van der Waals surface area contributed by atoms with E-state index in [0.717, 1.165) is 43.9 Å². The lowest BCUT2D eigenvalue weighted by Gasteiger charge is -2.11. The van der Waals surface area contributed by atoms with Gasteiger partial charge in [0.1, 0.15) is 29.5 Å². The number of unbranched alkanes of at least 4 members (excludes halogenated alkanes) is 5. The van der Waals surface area contributed by atoms with Crippen LogP contribution >= 0.6 is 0 Å². The Labute approximate surface area is 228 Å². The number of aromatic carboxylic acids is 1. The predicted octanol–water partition coefficient (Wildman–Crippen LogP) is 6.43. The van der Waals surface area contributed by atoms with Crippen LogP contribution < -0.4 is 14.2 Å². The van der Waals surface area contributed by atoms with Gasteiger partial charge in [0.25, 0.3) is 0 Å². The number of pyridine rings is 1. The summed E-state index contributed by atoms with van der Waals surface area (Å²) in [4.78, 5) is 26.7. The Morgan fingerprint density at radius 1 is 0.846 bits per heavy atom. The van der Waals surface area contributed by atoms with Crippen molar-refractivity contribution in [1.29, 1.82) is 0 Å². The van der Waals surface area contributed by atoms with Crippen molar-refractivity contribution in [2.24, 2.45) is 0 Å². The predicted molar refractivity (Wildman–Crippen MR) is 149 cm³/mol. The third-order valence-corrected chi connectivity index (χ3v) is 6.07. The summed E-state index contributed by atoms with van der Waals surface area (Å²) in [5, 5.41) is 18.2. The molecule has 0 saturated carbocycles. The Hall–Kier alpha value is -4.33. The maximum atomic E-state index is 11.1. The van der Waals surface area contributed by atoms with Crippen LogP contribution in [0.15, 0.2) is 66.7 Å². The third kappa shape index (κ3) is 10.5. The van der Waals surface area contributed by atoms with Crippen molar-refractivity contribution in [3.05, 3.63) is 89.3 Å². The van der Waals surface area contributed by atoms with E-state index in [4.69, 9.17) is 24.4 Å². The van der Waals surface area contributed by atoms with Gasteiger partial charge < -0.3 is 24.4 Å². The van der Waals surface area contributed by atoms with E-state index in [2.05, 4.69) is 17.1 Å². The second-order valence-corrected chi connectivity index (χ2v) is 9.05. The zero-order valence-electron chi connectivity index (χ0n) is 22.2. The van der Waals surface area contributed by atoms with E-state index in [1.54, 1.807) is 31.4 Å². The minimum absolute atomic E-state index is 0.0930. The Balaban J connectivity index is 1.41. The van der Waals surface area contributed by atoms with Gasteiger partial charge in [0.2, 0.25) is 0 Å². The zero-order valence-corrected chi connectivity index (χ0v) is 22.2. The quantitative estimate of drug-likeness (QED) is 0.151. The van der Waals surface area contributed by atoms with E-state index < -0.39 is 11.9 Å². The van der Waals surface area contributed by atoms with Crippen LogP contribution in [0.3, 0.4) is 0 Å². The number of carboxylic acid groups (broad SMARTS) is 2. The molecule has 2 aromatic carbocycles. The number of carboxylic acids is 2. The number of carbonyl (C=O) groups is 2. The van der Waals surface area contributed by atoms with Gasteiger partial charge in [-0.1, -0.05) is 43.9 Å². The summed E-state index contributed by atoms with van der Waals surface area (Å²) < 4.78 is 16.8. The molecule has 3 rings (SSSR count). The smallest absolute Gasteiger partial charge is 0.335 e. The maximum Gasteiger partial charge on any atom is 0.335 e. The highest BCUT2D eigenvalue weighted by Gasteiger charge is 2.08. The summed E-state index contributed by atoms with van der Waals surface area (Å²) in [6.45, 7) is 0.606. The van der Waals surface area contributed by atoms with Gasteiger partial charge in [-0.3, -0.25) is 0 Å². The Morgan fingerprint density at radius 3 is 2.31 bits per heavy atom. The molecule has 0 atom stereocenters. The topological polar surface area (TPSA) is 115 Å². The molecule has 0 bridgehead atoms. The van der Waals surface area contributed by atoms with Crippen molar-refractivity contribution in [3.8, 4) is 17.2 Å². The molecule has 1 heterocycles. The van der Waals surface area contributed by atoms with Crippen LogP contribution in [-0.2, 0) is 17.8 Å². The second-order valence-electron chi connectivity index (χ2n) is 9.05. The van der Waals surface area contributed by atoms with Gasteiger partial charge in [-0.25, -0.2) is 14.6 Å². The van der Waals surface area contributed by atoms with Crippen LogP contribution in [0.1, 0.15) is 65.8 Å². The van der Waals surface area contributed by atoms with E-state index in [-0.39, 0.29) is 12.2 Å². The SMILES string of the molecule is COc1ccc(CCCCCCCCOc2ccc(COc3cccc(C(=O)O)c3)nc2/C=C/C(=O)O)cc1. The highest BCUT2D eigenvalue weighted by atomic mass is 16.5. The number of aliphatic carboxylic acids is 1. The minimum Gasteiger partial charge on any atom is -0.497 e. The van der Waals surface area contributed by atoms with Gasteiger partial charge in [0.15, 0.2) is 0 Å². The molecular formula is C31H35NO7. The fraction of sp³-hybridized carbons (Fsp3) is 0.323. The van der Waals surface area contributed by atoms with Gasteiger partial charge in [-0.05, 0) is 73.4 Å². The number of ether oxygens (including phenoxy) is 3. The van der Waals surface area contributed by atoms with Gasteiger partial charge in [0.05, 0.1) is 25.0 Å². The molecule has 0 fully saturated rings. The molecule has 1 aromatic heterocycles. The van der Waals surface area contributed by atoms with Gasteiger partial charge in [-0.15, -0.1) is 0 Å². The van der Waals surface area contributed by atoms with Crippen LogP contribution in [0.4, 0.5) is 0 Å². The van der Waals surface area contributed by atoms with Gasteiger partial charge in [-0.2, -0.15) is 0 Å². The molecule has 0 aliphatic rings. The molecule has 0 aliphatic heterocycles. The average Bonchev–Trinajstić information content (AvgIpc) is 2.95. The van der Waals surface area contributed by atoms with E-state index in [1.165, 1.54) is 36.6 Å². The van der Waals surface area contributed by atoms with Crippen molar-refractivity contribution in [2.45, 2.75) is 51.6 Å². The number of hydrogen-bond acceptors (Lipinski definition) is 6. The zero-order chi connectivity index (χ0) is 27.9. The first-order valence-corrected chi connectivity index (χ1v) is 13.1. The molecule has 0 spiro atoms. The van der Waals surface area contributed by atoms with Gasteiger partial charge >= 0.3 is 11.9 Å². The number of nitrogens with zero attached hydrogens (tertiary/aromatic N) is 1. The van der Waals surface area contributed by atoms with Crippen molar-refractivity contribution in [2.75, 3.05) is 13.7 Å². The maximum absolute atomic E-state index is 11.1. The highest BCUT2D eigenvalue weighted by Crippen LogP contribution is 2.21. The summed E-state index contributed by atoms with van der Waals surface area (Å²) in [5.41, 5.74) is 2.41. The first kappa shape index (κ1) is 29.2. The minimum atomic E-state index is -1.08. The summed E-state index contributed by atoms with van der Waals surface area (Å²) in [5.74, 6) is -0.329. The molecule has 3 aromatic rings. The Bertz CT molecular complexity index is 1240. The monoisotopic (exact) mass is 533 g/mol. The summed E-state index contributed by atoms with van der Waals surface area (Å²) in [6, 6.07) is 17.9. The first-order valence-electron chi connectivity index (χ1n) is 13.1. The number of benzene rings is 2. The lowest BCUT2D eigenvalue weighted by Crippen LogP contribution is -2.04. The number of hydrogen-bond donors (Lipinski definition) is 2. The summed E-state index contributed by atoms with van der Waals surface area (Å²) in [6.07, 6.45) is 10.1. The van der Waals surface area contributed by atoms with Crippen molar-refractivity contribution in [1.82, 2.24) is 4.98 Å². The first-order chi connectivity index (χ1) is 18.9. The lowest BCUT2D eigenvalue weighted by atomic mass is 10.0. The number of aryl methyl sites for hydroxylation is 1. The van der Waals surface area contributed by atoms with E-state index in [0.29, 0.717) is 29.5 Å². The molecule has 0 radical (unpaired) electrons. The van der Waals surface area contributed by atoms with Crippen LogP contribution in [0.5, 0.6) is 17.2 Å². The largest absolute Gasteiger partial charge is 0.497 e. The van der Waals surface area contributed by atoms with Crippen molar-refractivity contribution in [3.63, 3.8) is 0 Å². The normalized spacial score (nSPS) is 10.9. The van der Waals surface area contributed by atoms with Crippen LogP contribution in [0.2, 0.25) is 0 Å². The van der Waals surface area contributed by atoms with E-state index in [1.807, 2.05) is 12.1 Å². The molecule has 0 amide bonds. The molecule has 39 heavy (non-hydrogen) atoms. The summed E-state index contributed by atoms with van der Waals surface area (Å²) >= 11 is 0. The Morgan fingerprint density at radius 2 is 1.59 bits per heavy atom. The molecule has 0 saturated heterocycles.